The Morgan fingerprint density at radius 1 is 1.47 bits per heavy atom. The molecule has 0 N–H and O–H groups in total. The van der Waals surface area contributed by atoms with Crippen LogP contribution < -0.4 is 0 Å². The Bertz CT molecular complexity index is 580. The van der Waals surface area contributed by atoms with Crippen LogP contribution in [0.25, 0.3) is 11.4 Å². The first-order valence-corrected chi connectivity index (χ1v) is 6.17. The molecule has 5 nitrogen and oxygen atoms in total. The van der Waals surface area contributed by atoms with Crippen molar-refractivity contribution in [2.24, 2.45) is 0 Å². The molecule has 100 valence electrons. The highest BCUT2D eigenvalue weighted by atomic mass is 79.9. The minimum Gasteiger partial charge on any atom is -0.377 e. The number of hydrogen-bond donors (Lipinski definition) is 0. The smallest absolute Gasteiger partial charge is 0.234 e. The molecule has 0 aliphatic rings. The second-order valence-electron chi connectivity index (χ2n) is 3.82. The van der Waals surface area contributed by atoms with Crippen LogP contribution in [0.4, 0.5) is 4.39 Å². The summed E-state index contributed by atoms with van der Waals surface area (Å²) in [5.74, 6) is -0.165. The van der Waals surface area contributed by atoms with E-state index in [2.05, 4.69) is 26.1 Å². The van der Waals surface area contributed by atoms with E-state index < -0.39 is 5.82 Å². The summed E-state index contributed by atoms with van der Waals surface area (Å²) in [5.41, 5.74) is 0.473. The lowest BCUT2D eigenvalue weighted by atomic mass is 10.2. The van der Waals surface area contributed by atoms with Gasteiger partial charge in [0.25, 0.3) is 0 Å². The molecule has 0 amide bonds. The number of halogens is 2. The van der Waals surface area contributed by atoms with E-state index in [4.69, 9.17) is 9.26 Å². The second kappa shape index (κ2) is 6.03. The Balaban J connectivity index is 2.18. The Kier molecular flexibility index (Phi) is 4.39. The predicted octanol–water partition coefficient (Wildman–Crippen LogP) is 2.40. The zero-order valence-corrected chi connectivity index (χ0v) is 11.6. The van der Waals surface area contributed by atoms with Crippen LogP contribution in [0.5, 0.6) is 0 Å². The van der Waals surface area contributed by atoms with Gasteiger partial charge in [-0.2, -0.15) is 4.98 Å². The second-order valence-corrected chi connectivity index (χ2v) is 4.73. The average Bonchev–Trinajstić information content (AvgIpc) is 2.76. The lowest BCUT2D eigenvalue weighted by Gasteiger charge is -1.96. The number of rotatable bonds is 5. The van der Waals surface area contributed by atoms with E-state index in [0.29, 0.717) is 10.0 Å². The molecule has 0 aliphatic carbocycles. The molecule has 19 heavy (non-hydrogen) atoms. The number of ether oxygens (including phenoxy) is 1. The van der Waals surface area contributed by atoms with Gasteiger partial charge in [-0.15, -0.1) is 0 Å². The number of ketones is 1. The van der Waals surface area contributed by atoms with Gasteiger partial charge in [-0.1, -0.05) is 21.1 Å². The summed E-state index contributed by atoms with van der Waals surface area (Å²) in [4.78, 5) is 15.4. The van der Waals surface area contributed by atoms with Crippen LogP contribution in [-0.2, 0) is 16.0 Å². The number of carbonyl (C=O) groups is 1. The first-order chi connectivity index (χ1) is 9.08. The number of methoxy groups -OCH3 is 1. The first-order valence-electron chi connectivity index (χ1n) is 5.38. The van der Waals surface area contributed by atoms with Crippen molar-refractivity contribution in [3.8, 4) is 11.4 Å². The predicted molar refractivity (Wildman–Crippen MR) is 68.0 cm³/mol. The van der Waals surface area contributed by atoms with Crippen molar-refractivity contribution in [2.45, 2.75) is 6.42 Å². The van der Waals surface area contributed by atoms with Crippen molar-refractivity contribution in [1.29, 1.82) is 0 Å². The highest BCUT2D eigenvalue weighted by Gasteiger charge is 2.13. The zero-order valence-electron chi connectivity index (χ0n) is 10.0. The number of Topliss-reactive ketones (excluding diaryl/α,β-unsaturated/α-hetero) is 1. The minimum atomic E-state index is -0.411. The number of benzene rings is 1. The van der Waals surface area contributed by atoms with Crippen LogP contribution in [0.1, 0.15) is 5.89 Å². The number of aromatic nitrogens is 2. The Hall–Kier alpha value is -1.60. The number of carbonyl (C=O) groups excluding carboxylic acids is 1. The van der Waals surface area contributed by atoms with Gasteiger partial charge in [0.1, 0.15) is 12.4 Å². The summed E-state index contributed by atoms with van der Waals surface area (Å²) in [6.45, 7) is -0.0107. The molecule has 0 unspecified atom stereocenters. The van der Waals surface area contributed by atoms with Gasteiger partial charge in [-0.3, -0.25) is 4.79 Å². The molecule has 0 radical (unpaired) electrons. The normalized spacial score (nSPS) is 10.7. The van der Waals surface area contributed by atoms with Crippen LogP contribution in [0.15, 0.2) is 27.2 Å². The standard InChI is InChI=1S/C12H10BrFN2O3/c1-18-6-10(17)5-11-15-12(16-19-11)7-2-8(13)4-9(14)3-7/h2-4H,5-6H2,1H3. The maximum absolute atomic E-state index is 13.2. The van der Waals surface area contributed by atoms with E-state index in [9.17, 15) is 9.18 Å². The van der Waals surface area contributed by atoms with Gasteiger partial charge < -0.3 is 9.26 Å². The molecule has 2 aromatic rings. The fourth-order valence-electron chi connectivity index (χ4n) is 1.51. The monoisotopic (exact) mass is 328 g/mol. The van der Waals surface area contributed by atoms with Crippen molar-refractivity contribution < 1.29 is 18.4 Å². The quantitative estimate of drug-likeness (QED) is 0.843. The fourth-order valence-corrected chi connectivity index (χ4v) is 1.97. The fraction of sp³-hybridized carbons (Fsp3) is 0.250. The summed E-state index contributed by atoms with van der Waals surface area (Å²) >= 11 is 3.18. The molecular formula is C12H10BrFN2O3. The molecule has 0 atom stereocenters. The van der Waals surface area contributed by atoms with Crippen LogP contribution in [0.2, 0.25) is 0 Å². The lowest BCUT2D eigenvalue weighted by Crippen LogP contribution is -2.09. The summed E-state index contributed by atoms with van der Waals surface area (Å²) in [6, 6.07) is 4.28. The molecule has 0 saturated carbocycles. The van der Waals surface area contributed by atoms with Crippen molar-refractivity contribution in [1.82, 2.24) is 10.1 Å². The molecule has 1 aromatic carbocycles. The van der Waals surface area contributed by atoms with Crippen molar-refractivity contribution in [2.75, 3.05) is 13.7 Å². The van der Waals surface area contributed by atoms with E-state index in [-0.39, 0.29) is 30.5 Å². The van der Waals surface area contributed by atoms with Crippen LogP contribution in [0.3, 0.4) is 0 Å². The molecule has 0 saturated heterocycles. The summed E-state index contributed by atoms with van der Waals surface area (Å²) in [5, 5.41) is 3.72. The molecule has 0 spiro atoms. The molecule has 1 aromatic heterocycles. The highest BCUT2D eigenvalue weighted by molar-refractivity contribution is 9.10. The minimum absolute atomic E-state index is 0.00265. The van der Waals surface area contributed by atoms with E-state index in [1.54, 1.807) is 6.07 Å². The largest absolute Gasteiger partial charge is 0.377 e. The Morgan fingerprint density at radius 3 is 2.95 bits per heavy atom. The van der Waals surface area contributed by atoms with Gasteiger partial charge in [0.15, 0.2) is 5.78 Å². The molecule has 1 heterocycles. The van der Waals surface area contributed by atoms with Crippen LogP contribution in [-0.4, -0.2) is 29.6 Å². The topological polar surface area (TPSA) is 65.2 Å². The molecule has 0 bridgehead atoms. The molecular weight excluding hydrogens is 319 g/mol. The molecule has 7 heteroatoms. The maximum Gasteiger partial charge on any atom is 0.234 e. The third-order valence-electron chi connectivity index (χ3n) is 2.24. The SMILES string of the molecule is COCC(=O)Cc1nc(-c2cc(F)cc(Br)c2)no1. The third-order valence-corrected chi connectivity index (χ3v) is 2.70. The maximum atomic E-state index is 13.2. The van der Waals surface area contributed by atoms with Crippen molar-refractivity contribution in [3.63, 3.8) is 0 Å². The van der Waals surface area contributed by atoms with Gasteiger partial charge in [-0.05, 0) is 18.2 Å². The Morgan fingerprint density at radius 2 is 2.26 bits per heavy atom. The van der Waals surface area contributed by atoms with Crippen molar-refractivity contribution >= 4 is 21.7 Å². The molecule has 0 fully saturated rings. The van der Waals surface area contributed by atoms with Gasteiger partial charge in [0.05, 0.1) is 6.42 Å². The van der Waals surface area contributed by atoms with E-state index in [1.165, 1.54) is 19.2 Å². The van der Waals surface area contributed by atoms with Gasteiger partial charge >= 0.3 is 0 Å². The van der Waals surface area contributed by atoms with Gasteiger partial charge in [0, 0.05) is 17.1 Å². The lowest BCUT2D eigenvalue weighted by molar-refractivity contribution is -0.122. The number of hydrogen-bond acceptors (Lipinski definition) is 5. The third kappa shape index (κ3) is 3.68. The van der Waals surface area contributed by atoms with Crippen molar-refractivity contribution in [3.05, 3.63) is 34.4 Å². The summed E-state index contributed by atoms with van der Waals surface area (Å²) < 4.78 is 23.5. The zero-order chi connectivity index (χ0) is 13.8. The van der Waals surface area contributed by atoms with Gasteiger partial charge in [-0.25, -0.2) is 4.39 Å². The van der Waals surface area contributed by atoms with E-state index >= 15 is 0 Å². The average molecular weight is 329 g/mol. The van der Waals surface area contributed by atoms with E-state index in [0.717, 1.165) is 0 Å². The van der Waals surface area contributed by atoms with E-state index in [1.807, 2.05) is 0 Å². The first kappa shape index (κ1) is 13.8. The van der Waals surface area contributed by atoms with Crippen LogP contribution in [0, 0.1) is 5.82 Å². The number of nitrogens with zero attached hydrogens (tertiary/aromatic N) is 2. The van der Waals surface area contributed by atoms with Crippen LogP contribution >= 0.6 is 15.9 Å². The molecule has 2 rings (SSSR count). The summed E-state index contributed by atoms with van der Waals surface area (Å²) in [7, 11) is 1.43. The Labute approximate surface area is 116 Å². The highest BCUT2D eigenvalue weighted by Crippen LogP contribution is 2.22. The molecule has 0 aliphatic heterocycles. The summed E-state index contributed by atoms with van der Waals surface area (Å²) in [6.07, 6.45) is -0.00265. The van der Waals surface area contributed by atoms with Gasteiger partial charge in [0.2, 0.25) is 11.7 Å².